The van der Waals surface area contributed by atoms with Crippen molar-refractivity contribution in [3.05, 3.63) is 44.8 Å². The van der Waals surface area contributed by atoms with Gasteiger partial charge in [0, 0.05) is 6.54 Å². The van der Waals surface area contributed by atoms with E-state index >= 15 is 0 Å². The van der Waals surface area contributed by atoms with Crippen LogP contribution in [-0.4, -0.2) is 83.1 Å². The molecule has 92 valence electrons. The summed E-state index contributed by atoms with van der Waals surface area (Å²) in [5.74, 6) is -3.39. The van der Waals surface area contributed by atoms with E-state index in [0.29, 0.717) is 4.57 Å². The SMILES string of the molecule is C=CCn1c(C(=O)O)c(C(=O)O)c(=O)[nH]c1=O.[KH]. The second-order valence-electron chi connectivity index (χ2n) is 2.99. The van der Waals surface area contributed by atoms with Crippen molar-refractivity contribution in [3.63, 3.8) is 0 Å². The number of carbonyl (C=O) groups is 2. The fourth-order valence-electron chi connectivity index (χ4n) is 1.30. The number of carboxylic acids is 2. The summed E-state index contributed by atoms with van der Waals surface area (Å²) in [6, 6.07) is 0. The van der Waals surface area contributed by atoms with Crippen LogP contribution in [0.4, 0.5) is 0 Å². The molecule has 0 aromatic carbocycles. The molecular formula is C9H9KN2O6. The van der Waals surface area contributed by atoms with E-state index in [9.17, 15) is 19.2 Å². The van der Waals surface area contributed by atoms with Crippen molar-refractivity contribution in [1.29, 1.82) is 0 Å². The van der Waals surface area contributed by atoms with Gasteiger partial charge in [-0.3, -0.25) is 14.3 Å². The molecular weight excluding hydrogens is 271 g/mol. The molecule has 3 N–H and O–H groups in total. The number of hydrogen-bond acceptors (Lipinski definition) is 4. The molecule has 0 aliphatic heterocycles. The molecule has 0 saturated heterocycles. The van der Waals surface area contributed by atoms with Gasteiger partial charge in [-0.2, -0.15) is 0 Å². The Morgan fingerprint density at radius 2 is 1.83 bits per heavy atom. The van der Waals surface area contributed by atoms with Gasteiger partial charge in [-0.15, -0.1) is 6.58 Å². The van der Waals surface area contributed by atoms with Gasteiger partial charge in [-0.25, -0.2) is 14.4 Å². The molecule has 1 rings (SSSR count). The van der Waals surface area contributed by atoms with E-state index in [4.69, 9.17) is 10.2 Å². The van der Waals surface area contributed by atoms with Crippen molar-refractivity contribution in [2.75, 3.05) is 0 Å². The Kier molecular flexibility index (Phi) is 6.42. The van der Waals surface area contributed by atoms with Gasteiger partial charge in [0.2, 0.25) is 0 Å². The number of allylic oxidation sites excluding steroid dienone is 1. The molecule has 1 aromatic heterocycles. The summed E-state index contributed by atoms with van der Waals surface area (Å²) in [5, 5.41) is 17.6. The average Bonchev–Trinajstić information content (AvgIpc) is 2.20. The number of aromatic amines is 1. The number of aromatic carboxylic acids is 2. The molecule has 0 bridgehead atoms. The van der Waals surface area contributed by atoms with Crippen LogP contribution < -0.4 is 11.2 Å². The summed E-state index contributed by atoms with van der Waals surface area (Å²) in [4.78, 5) is 46.0. The minimum atomic E-state index is -1.72. The molecule has 8 nitrogen and oxygen atoms in total. The Morgan fingerprint density at radius 3 is 2.22 bits per heavy atom. The molecule has 0 spiro atoms. The first-order valence-electron chi connectivity index (χ1n) is 4.34. The molecule has 9 heteroatoms. The summed E-state index contributed by atoms with van der Waals surface area (Å²) < 4.78 is 0.611. The first-order chi connectivity index (χ1) is 7.90. The van der Waals surface area contributed by atoms with Crippen LogP contribution in [0.25, 0.3) is 0 Å². The van der Waals surface area contributed by atoms with Crippen LogP contribution in [0.5, 0.6) is 0 Å². The van der Waals surface area contributed by atoms with Gasteiger partial charge in [0.1, 0.15) is 0 Å². The number of nitrogens with one attached hydrogen (secondary N) is 1. The topological polar surface area (TPSA) is 129 Å². The zero-order chi connectivity index (χ0) is 13.2. The third kappa shape index (κ3) is 3.26. The Labute approximate surface area is 142 Å². The van der Waals surface area contributed by atoms with Crippen molar-refractivity contribution < 1.29 is 19.8 Å². The Hall–Kier alpha value is -1.00. The van der Waals surface area contributed by atoms with Crippen LogP contribution >= 0.6 is 0 Å². The molecule has 0 amide bonds. The quantitative estimate of drug-likeness (QED) is 0.453. The maximum atomic E-state index is 11.3. The van der Waals surface area contributed by atoms with E-state index in [1.54, 1.807) is 4.98 Å². The Balaban J connectivity index is 0.00000289. The maximum absolute atomic E-state index is 11.3. The van der Waals surface area contributed by atoms with E-state index in [-0.39, 0.29) is 57.9 Å². The molecule has 0 fully saturated rings. The first kappa shape index (κ1) is 17.0. The molecule has 0 unspecified atom stereocenters. The van der Waals surface area contributed by atoms with E-state index < -0.39 is 34.4 Å². The zero-order valence-electron chi connectivity index (χ0n) is 8.47. The van der Waals surface area contributed by atoms with Crippen molar-refractivity contribution in [2.24, 2.45) is 0 Å². The number of H-pyrrole nitrogens is 1. The van der Waals surface area contributed by atoms with Crippen LogP contribution in [0.3, 0.4) is 0 Å². The third-order valence-electron chi connectivity index (χ3n) is 1.93. The van der Waals surface area contributed by atoms with Crippen LogP contribution in [-0.2, 0) is 6.54 Å². The van der Waals surface area contributed by atoms with Crippen LogP contribution in [0.15, 0.2) is 22.2 Å². The summed E-state index contributed by atoms with van der Waals surface area (Å²) >= 11 is 0. The third-order valence-corrected chi connectivity index (χ3v) is 1.93. The first-order valence-corrected chi connectivity index (χ1v) is 4.34. The van der Waals surface area contributed by atoms with Crippen molar-refractivity contribution in [2.45, 2.75) is 6.54 Å². The van der Waals surface area contributed by atoms with Crippen LogP contribution in [0.1, 0.15) is 20.8 Å². The van der Waals surface area contributed by atoms with Gasteiger partial charge in [0.15, 0.2) is 11.3 Å². The van der Waals surface area contributed by atoms with Crippen molar-refractivity contribution >= 4 is 63.3 Å². The van der Waals surface area contributed by atoms with Gasteiger partial charge < -0.3 is 10.2 Å². The monoisotopic (exact) mass is 280 g/mol. The van der Waals surface area contributed by atoms with Gasteiger partial charge in [-0.1, -0.05) is 6.08 Å². The summed E-state index contributed by atoms with van der Waals surface area (Å²) in [7, 11) is 0. The predicted molar refractivity (Wildman–Crippen MR) is 62.6 cm³/mol. The zero-order valence-corrected chi connectivity index (χ0v) is 8.47. The van der Waals surface area contributed by atoms with Gasteiger partial charge in [0.05, 0.1) is 0 Å². The molecule has 0 atom stereocenters. The Bertz CT molecular complexity index is 614. The number of nitrogens with zero attached hydrogens (tertiary/aromatic N) is 1. The van der Waals surface area contributed by atoms with Crippen LogP contribution in [0.2, 0.25) is 0 Å². The summed E-state index contributed by atoms with van der Waals surface area (Å²) in [5.41, 5.74) is -4.11. The van der Waals surface area contributed by atoms with Crippen LogP contribution in [0, 0.1) is 0 Å². The van der Waals surface area contributed by atoms with Gasteiger partial charge in [0.25, 0.3) is 5.56 Å². The van der Waals surface area contributed by atoms with Crippen molar-refractivity contribution in [1.82, 2.24) is 9.55 Å². The van der Waals surface area contributed by atoms with E-state index in [2.05, 4.69) is 6.58 Å². The molecule has 18 heavy (non-hydrogen) atoms. The summed E-state index contributed by atoms with van der Waals surface area (Å²) in [6.45, 7) is 3.08. The standard InChI is InChI=1S/C9H8N2O6.K.H/c1-2-3-11-5(8(15)16)4(7(13)14)6(12)10-9(11)17;;/h2H,1,3H2,(H,13,14)(H,15,16)(H,10,12,17);;. The molecule has 0 aliphatic rings. The van der Waals surface area contributed by atoms with Gasteiger partial charge >= 0.3 is 69.0 Å². The van der Waals surface area contributed by atoms with E-state index in [1.165, 1.54) is 6.08 Å². The molecule has 0 radical (unpaired) electrons. The molecule has 1 heterocycles. The summed E-state index contributed by atoms with van der Waals surface area (Å²) in [6.07, 6.45) is 1.21. The fourth-order valence-corrected chi connectivity index (χ4v) is 1.30. The molecule has 1 aromatic rings. The number of rotatable bonds is 4. The average molecular weight is 280 g/mol. The molecule has 0 aliphatic carbocycles. The number of hydrogen-bond donors (Lipinski definition) is 3. The second-order valence-corrected chi connectivity index (χ2v) is 2.99. The fraction of sp³-hybridized carbons (Fsp3) is 0.111. The number of carboxylic acid groups (broad SMARTS) is 2. The molecule has 0 saturated carbocycles. The Morgan fingerprint density at radius 1 is 1.28 bits per heavy atom. The minimum absolute atomic E-state index is 0. The predicted octanol–water partition coefficient (Wildman–Crippen LogP) is -1.53. The second kappa shape index (κ2) is 6.80. The van der Waals surface area contributed by atoms with E-state index in [1.807, 2.05) is 0 Å². The normalized spacial score (nSPS) is 9.33. The van der Waals surface area contributed by atoms with E-state index in [0.717, 1.165) is 0 Å². The van der Waals surface area contributed by atoms with Crippen molar-refractivity contribution in [3.8, 4) is 0 Å². The van der Waals surface area contributed by atoms with Gasteiger partial charge in [-0.05, 0) is 0 Å². The number of aromatic nitrogens is 2.